The lowest BCUT2D eigenvalue weighted by molar-refractivity contribution is 0.660. The van der Waals surface area contributed by atoms with E-state index in [1.807, 2.05) is 0 Å². The van der Waals surface area contributed by atoms with Crippen molar-refractivity contribution < 1.29 is 0 Å². The number of benzene rings is 10. The molecule has 0 fully saturated rings. The fourth-order valence-corrected chi connectivity index (χ4v) is 10.8. The van der Waals surface area contributed by atoms with Gasteiger partial charge >= 0.3 is 0 Å². The maximum absolute atomic E-state index is 2.52. The molecule has 3 nitrogen and oxygen atoms in total. The van der Waals surface area contributed by atoms with Gasteiger partial charge in [-0.3, -0.25) is 0 Å². The first kappa shape index (κ1) is 34.9. The van der Waals surface area contributed by atoms with Gasteiger partial charge in [-0.05, 0) is 105 Å². The fraction of sp³-hybridized carbons (Fsp3) is 0.0508. The van der Waals surface area contributed by atoms with Crippen molar-refractivity contribution in [1.29, 1.82) is 0 Å². The van der Waals surface area contributed by atoms with Crippen LogP contribution in [0, 0.1) is 0 Å². The molecule has 2 aromatic heterocycles. The second-order valence-corrected chi connectivity index (χ2v) is 17.3. The summed E-state index contributed by atoms with van der Waals surface area (Å²) in [4.78, 5) is 2.52. The molecule has 0 unspecified atom stereocenters. The van der Waals surface area contributed by atoms with E-state index in [9.17, 15) is 0 Å². The maximum atomic E-state index is 2.52. The van der Waals surface area contributed by atoms with Crippen LogP contribution in [0.25, 0.3) is 87.7 Å². The molecule has 0 radical (unpaired) electrons. The van der Waals surface area contributed by atoms with E-state index in [4.69, 9.17) is 0 Å². The van der Waals surface area contributed by atoms with Gasteiger partial charge in [-0.1, -0.05) is 159 Å². The summed E-state index contributed by atoms with van der Waals surface area (Å²) in [6.45, 7) is 4.75. The molecule has 0 aliphatic heterocycles. The van der Waals surface area contributed by atoms with E-state index >= 15 is 0 Å². The Morgan fingerprint density at radius 1 is 0.371 bits per heavy atom. The summed E-state index contributed by atoms with van der Waals surface area (Å²) >= 11 is 0. The molecule has 0 saturated heterocycles. The van der Waals surface area contributed by atoms with Gasteiger partial charge < -0.3 is 14.0 Å². The molecule has 13 rings (SSSR count). The quantitative estimate of drug-likeness (QED) is 0.169. The number of hydrogen-bond acceptors (Lipinski definition) is 1. The molecule has 1 aliphatic rings. The van der Waals surface area contributed by atoms with Gasteiger partial charge in [0.25, 0.3) is 0 Å². The molecule has 12 aromatic rings. The normalized spacial score (nSPS) is 13.1. The average Bonchev–Trinajstić information content (AvgIpc) is 3.92. The van der Waals surface area contributed by atoms with E-state index in [1.165, 1.54) is 93.1 Å². The van der Waals surface area contributed by atoms with Crippen LogP contribution in [0.1, 0.15) is 25.0 Å². The molecular weight excluding hydrogens is 751 g/mol. The summed E-state index contributed by atoms with van der Waals surface area (Å²) < 4.78 is 4.92. The van der Waals surface area contributed by atoms with E-state index in [1.54, 1.807) is 0 Å². The minimum absolute atomic E-state index is 0.156. The molecule has 0 amide bonds. The lowest BCUT2D eigenvalue weighted by Gasteiger charge is -2.29. The Hall–Kier alpha value is -7.88. The highest BCUT2D eigenvalue weighted by atomic mass is 15.2. The van der Waals surface area contributed by atoms with E-state index in [0.29, 0.717) is 0 Å². The van der Waals surface area contributed by atoms with Gasteiger partial charge in [0, 0.05) is 49.4 Å². The number of rotatable bonds is 5. The number of anilines is 3. The molecule has 0 spiro atoms. The molecule has 10 aromatic carbocycles. The van der Waals surface area contributed by atoms with Gasteiger partial charge in [0.2, 0.25) is 0 Å². The summed E-state index contributed by atoms with van der Waals surface area (Å²) in [7, 11) is 0. The van der Waals surface area contributed by atoms with Gasteiger partial charge in [0.15, 0.2) is 0 Å². The SMILES string of the molecule is CC1(C)c2ccccc2-c2ccc(N(c3ccc4c5ccccc5n(-c5ccc6ccccc6c5)c4c3)c3cccc4c3c3ccccc3n4-c3cccc4ccccc34)cc21. The zero-order valence-electron chi connectivity index (χ0n) is 34.5. The van der Waals surface area contributed by atoms with Crippen molar-refractivity contribution in [2.45, 2.75) is 19.3 Å². The van der Waals surface area contributed by atoms with Gasteiger partial charge in [0.05, 0.1) is 33.4 Å². The molecule has 0 saturated carbocycles. The number of fused-ring (bicyclic) bond motifs is 11. The third-order valence-electron chi connectivity index (χ3n) is 13.7. The minimum atomic E-state index is -0.156. The zero-order valence-corrected chi connectivity index (χ0v) is 34.5. The van der Waals surface area contributed by atoms with Crippen LogP contribution >= 0.6 is 0 Å². The van der Waals surface area contributed by atoms with Gasteiger partial charge in [-0.25, -0.2) is 0 Å². The van der Waals surface area contributed by atoms with Crippen LogP contribution in [-0.2, 0) is 5.41 Å². The summed E-state index contributed by atoms with van der Waals surface area (Å²) in [5, 5.41) is 9.83. The molecule has 0 N–H and O–H groups in total. The Kier molecular flexibility index (Phi) is 7.36. The highest BCUT2D eigenvalue weighted by Crippen LogP contribution is 2.52. The third-order valence-corrected chi connectivity index (χ3v) is 13.7. The number of hydrogen-bond donors (Lipinski definition) is 0. The maximum Gasteiger partial charge on any atom is 0.0562 e. The van der Waals surface area contributed by atoms with Crippen molar-refractivity contribution in [1.82, 2.24) is 9.13 Å². The highest BCUT2D eigenvalue weighted by molar-refractivity contribution is 6.18. The molecule has 3 heteroatoms. The lowest BCUT2D eigenvalue weighted by atomic mass is 9.82. The van der Waals surface area contributed by atoms with Crippen LogP contribution in [0.2, 0.25) is 0 Å². The van der Waals surface area contributed by atoms with Crippen molar-refractivity contribution in [3.63, 3.8) is 0 Å². The van der Waals surface area contributed by atoms with Crippen LogP contribution in [0.3, 0.4) is 0 Å². The van der Waals surface area contributed by atoms with Crippen LogP contribution in [-0.4, -0.2) is 9.13 Å². The summed E-state index contributed by atoms with van der Waals surface area (Å²) in [6, 6.07) is 78.6. The Bertz CT molecular complexity index is 3800. The first-order valence-corrected chi connectivity index (χ1v) is 21.6. The smallest absolute Gasteiger partial charge is 0.0562 e. The second-order valence-electron chi connectivity index (χ2n) is 17.3. The van der Waals surface area contributed by atoms with Crippen LogP contribution in [0.4, 0.5) is 17.1 Å². The van der Waals surface area contributed by atoms with E-state index in [2.05, 4.69) is 240 Å². The largest absolute Gasteiger partial charge is 0.310 e. The van der Waals surface area contributed by atoms with Gasteiger partial charge in [-0.2, -0.15) is 0 Å². The van der Waals surface area contributed by atoms with Crippen molar-refractivity contribution in [2.75, 3.05) is 4.90 Å². The van der Waals surface area contributed by atoms with Crippen LogP contribution < -0.4 is 4.90 Å². The fourth-order valence-electron chi connectivity index (χ4n) is 10.8. The lowest BCUT2D eigenvalue weighted by Crippen LogP contribution is -2.16. The topological polar surface area (TPSA) is 13.1 Å². The van der Waals surface area contributed by atoms with Crippen molar-refractivity contribution in [2.24, 2.45) is 0 Å². The Morgan fingerprint density at radius 2 is 0.984 bits per heavy atom. The zero-order chi connectivity index (χ0) is 41.1. The Labute approximate surface area is 359 Å². The van der Waals surface area contributed by atoms with E-state index in [-0.39, 0.29) is 5.41 Å². The molecule has 1 aliphatic carbocycles. The average molecular weight is 792 g/mol. The standard InChI is InChI=1S/C59H41N3/c1-59(2)50-23-10-7-20-45(50)46-33-31-42(36-51(46)59)60(43-32-34-48-47-21-8-11-24-53(47)61(57(48)37-43)41-30-29-38-15-3-4-17-40(38)35-41)55-27-14-28-56-58(55)49-22-9-12-25-54(49)62(56)52-26-13-18-39-16-5-6-19-44(39)52/h3-37H,1-2H3. The first-order chi connectivity index (χ1) is 30.5. The summed E-state index contributed by atoms with van der Waals surface area (Å²) in [6.07, 6.45) is 0. The monoisotopic (exact) mass is 791 g/mol. The van der Waals surface area contributed by atoms with E-state index < -0.39 is 0 Å². The molecule has 292 valence electrons. The van der Waals surface area contributed by atoms with Crippen LogP contribution in [0.15, 0.2) is 212 Å². The van der Waals surface area contributed by atoms with Crippen LogP contribution in [0.5, 0.6) is 0 Å². The van der Waals surface area contributed by atoms with Gasteiger partial charge in [-0.15, -0.1) is 0 Å². The molecule has 62 heavy (non-hydrogen) atoms. The molecule has 0 bridgehead atoms. The van der Waals surface area contributed by atoms with Gasteiger partial charge in [0.1, 0.15) is 0 Å². The van der Waals surface area contributed by atoms with Crippen molar-refractivity contribution in [3.8, 4) is 22.5 Å². The second kappa shape index (κ2) is 13.1. The Morgan fingerprint density at radius 3 is 1.85 bits per heavy atom. The predicted molar refractivity (Wildman–Crippen MR) is 262 cm³/mol. The molecule has 2 heterocycles. The number of para-hydroxylation sites is 2. The highest BCUT2D eigenvalue weighted by Gasteiger charge is 2.36. The van der Waals surface area contributed by atoms with Crippen molar-refractivity contribution in [3.05, 3.63) is 223 Å². The first-order valence-electron chi connectivity index (χ1n) is 21.6. The third kappa shape index (κ3) is 4.94. The predicted octanol–water partition coefficient (Wildman–Crippen LogP) is 16.0. The Balaban J connectivity index is 1.11. The molecular formula is C59H41N3. The minimum Gasteiger partial charge on any atom is -0.310 e. The number of aromatic nitrogens is 2. The van der Waals surface area contributed by atoms with E-state index in [0.717, 1.165) is 22.7 Å². The molecule has 0 atom stereocenters. The summed E-state index contributed by atoms with van der Waals surface area (Å²) in [5.41, 5.74) is 15.6. The van der Waals surface area contributed by atoms with Crippen molar-refractivity contribution >= 4 is 82.2 Å². The number of nitrogens with zero attached hydrogens (tertiary/aromatic N) is 3. The summed E-state index contributed by atoms with van der Waals surface area (Å²) in [5.74, 6) is 0.